The van der Waals surface area contributed by atoms with E-state index in [9.17, 15) is 14.9 Å². The van der Waals surface area contributed by atoms with E-state index in [0.717, 1.165) is 24.1 Å². The van der Waals surface area contributed by atoms with E-state index in [2.05, 4.69) is 12.2 Å². The first-order valence-electron chi connectivity index (χ1n) is 9.05. The van der Waals surface area contributed by atoms with Gasteiger partial charge in [0, 0.05) is 18.7 Å². The Balaban J connectivity index is 1.92. The lowest BCUT2D eigenvalue weighted by atomic mass is 10.0. The Morgan fingerprint density at radius 1 is 1.11 bits per heavy atom. The number of para-hydroxylation sites is 1. The second-order valence-corrected chi connectivity index (χ2v) is 6.36. The van der Waals surface area contributed by atoms with Crippen molar-refractivity contribution in [1.29, 1.82) is 5.26 Å². The van der Waals surface area contributed by atoms with Crippen molar-refractivity contribution < 1.29 is 9.59 Å². The van der Waals surface area contributed by atoms with Crippen molar-refractivity contribution >= 4 is 23.1 Å². The van der Waals surface area contributed by atoms with E-state index in [-0.39, 0.29) is 17.1 Å². The maximum absolute atomic E-state index is 13.0. The highest BCUT2D eigenvalue weighted by molar-refractivity contribution is 6.37. The molecule has 3 rings (SSSR count). The summed E-state index contributed by atoms with van der Waals surface area (Å²) in [4.78, 5) is 27.3. The minimum Gasteiger partial charge on any atom is -0.347 e. The Morgan fingerprint density at radius 3 is 2.52 bits per heavy atom. The molecule has 1 N–H and O–H groups in total. The highest BCUT2D eigenvalue weighted by Crippen LogP contribution is 2.38. The van der Waals surface area contributed by atoms with Crippen LogP contribution in [-0.4, -0.2) is 18.4 Å². The van der Waals surface area contributed by atoms with Gasteiger partial charge in [0.15, 0.2) is 0 Å². The van der Waals surface area contributed by atoms with E-state index in [1.54, 1.807) is 11.0 Å². The fraction of sp³-hybridized carbons (Fsp3) is 0.227. The van der Waals surface area contributed by atoms with E-state index in [1.165, 1.54) is 0 Å². The number of carbonyl (C=O) groups is 2. The molecule has 1 aliphatic rings. The summed E-state index contributed by atoms with van der Waals surface area (Å²) in [6.45, 7) is 2.93. The molecule has 27 heavy (non-hydrogen) atoms. The number of carbonyl (C=O) groups excluding carboxylic acids is 2. The molecule has 2 aromatic rings. The zero-order valence-electron chi connectivity index (χ0n) is 15.2. The summed E-state index contributed by atoms with van der Waals surface area (Å²) in [5.41, 5.74) is 2.38. The van der Waals surface area contributed by atoms with Crippen LogP contribution in [0.4, 0.5) is 5.69 Å². The molecular weight excluding hydrogens is 338 g/mol. The number of fused-ring (bicyclic) bond motifs is 1. The van der Waals surface area contributed by atoms with Crippen LogP contribution in [0.25, 0.3) is 5.57 Å². The molecule has 0 spiro atoms. The molecule has 0 fully saturated rings. The second-order valence-electron chi connectivity index (χ2n) is 6.36. The molecule has 0 aliphatic carbocycles. The Kier molecular flexibility index (Phi) is 5.68. The predicted molar refractivity (Wildman–Crippen MR) is 105 cm³/mol. The summed E-state index contributed by atoms with van der Waals surface area (Å²) in [6.07, 6.45) is 1.81. The molecule has 0 unspecified atom stereocenters. The summed E-state index contributed by atoms with van der Waals surface area (Å²) in [6, 6.07) is 18.7. The molecular formula is C22H21N3O2. The van der Waals surface area contributed by atoms with Gasteiger partial charge in [-0.3, -0.25) is 9.59 Å². The Bertz CT molecular complexity index is 926. The fourth-order valence-corrected chi connectivity index (χ4v) is 3.15. The number of nitriles is 1. The van der Waals surface area contributed by atoms with Crippen LogP contribution in [0.5, 0.6) is 0 Å². The first-order valence-corrected chi connectivity index (χ1v) is 9.05. The molecule has 1 aliphatic heterocycles. The minimum absolute atomic E-state index is 0.137. The van der Waals surface area contributed by atoms with Crippen LogP contribution in [0.3, 0.4) is 0 Å². The molecule has 0 aromatic heterocycles. The zero-order valence-corrected chi connectivity index (χ0v) is 15.2. The van der Waals surface area contributed by atoms with Crippen LogP contribution < -0.4 is 10.2 Å². The predicted octanol–water partition coefficient (Wildman–Crippen LogP) is 3.43. The van der Waals surface area contributed by atoms with Gasteiger partial charge in [-0.25, -0.2) is 0 Å². The lowest BCUT2D eigenvalue weighted by Crippen LogP contribution is -2.30. The molecule has 0 radical (unpaired) electrons. The third kappa shape index (κ3) is 3.75. The molecule has 0 atom stereocenters. The van der Waals surface area contributed by atoms with Crippen LogP contribution >= 0.6 is 0 Å². The van der Waals surface area contributed by atoms with Gasteiger partial charge < -0.3 is 10.2 Å². The number of benzene rings is 2. The Hall–Kier alpha value is -3.39. The zero-order chi connectivity index (χ0) is 19.2. The highest BCUT2D eigenvalue weighted by Gasteiger charge is 2.35. The van der Waals surface area contributed by atoms with E-state index >= 15 is 0 Å². The highest BCUT2D eigenvalue weighted by atomic mass is 16.2. The van der Waals surface area contributed by atoms with Crippen LogP contribution in [-0.2, 0) is 16.1 Å². The molecule has 136 valence electrons. The molecule has 1 heterocycles. The van der Waals surface area contributed by atoms with Gasteiger partial charge in [-0.1, -0.05) is 61.9 Å². The van der Waals surface area contributed by atoms with Crippen LogP contribution in [0, 0.1) is 11.3 Å². The van der Waals surface area contributed by atoms with Crippen molar-refractivity contribution in [3.8, 4) is 6.07 Å². The number of rotatable bonds is 6. The van der Waals surface area contributed by atoms with Crippen molar-refractivity contribution in [3.63, 3.8) is 0 Å². The van der Waals surface area contributed by atoms with Gasteiger partial charge in [0.25, 0.3) is 11.8 Å². The fourth-order valence-electron chi connectivity index (χ4n) is 3.15. The van der Waals surface area contributed by atoms with E-state index in [4.69, 9.17) is 0 Å². The number of anilines is 1. The SMILES string of the molecule is CCCCN1C(=O)C(=C(C#N)C(=O)NCc2ccccc2)c2ccccc21. The van der Waals surface area contributed by atoms with E-state index in [0.29, 0.717) is 18.7 Å². The van der Waals surface area contributed by atoms with Crippen LogP contribution in [0.2, 0.25) is 0 Å². The van der Waals surface area contributed by atoms with Crippen molar-refractivity contribution in [2.45, 2.75) is 26.3 Å². The van der Waals surface area contributed by atoms with Crippen molar-refractivity contribution in [3.05, 3.63) is 71.3 Å². The minimum atomic E-state index is -0.531. The van der Waals surface area contributed by atoms with Crippen molar-refractivity contribution in [1.82, 2.24) is 5.32 Å². The average Bonchev–Trinajstić information content (AvgIpc) is 2.98. The van der Waals surface area contributed by atoms with Crippen molar-refractivity contribution in [2.24, 2.45) is 0 Å². The topological polar surface area (TPSA) is 73.2 Å². The number of hydrogen-bond donors (Lipinski definition) is 1. The molecule has 5 heteroatoms. The summed E-state index contributed by atoms with van der Waals surface area (Å²) < 4.78 is 0. The number of amides is 2. The summed E-state index contributed by atoms with van der Waals surface area (Å²) >= 11 is 0. The lowest BCUT2D eigenvalue weighted by Gasteiger charge is -2.16. The molecule has 2 aromatic carbocycles. The smallest absolute Gasteiger partial charge is 0.263 e. The lowest BCUT2D eigenvalue weighted by molar-refractivity contribution is -0.118. The van der Waals surface area contributed by atoms with Gasteiger partial charge in [-0.05, 0) is 18.1 Å². The Morgan fingerprint density at radius 2 is 1.81 bits per heavy atom. The van der Waals surface area contributed by atoms with Gasteiger partial charge in [0.1, 0.15) is 11.6 Å². The first-order chi connectivity index (χ1) is 13.2. The molecule has 2 amide bonds. The van der Waals surface area contributed by atoms with Gasteiger partial charge >= 0.3 is 0 Å². The monoisotopic (exact) mass is 359 g/mol. The maximum atomic E-state index is 13.0. The largest absolute Gasteiger partial charge is 0.347 e. The quantitative estimate of drug-likeness (QED) is 0.634. The average molecular weight is 359 g/mol. The summed E-state index contributed by atoms with van der Waals surface area (Å²) in [7, 11) is 0. The summed E-state index contributed by atoms with van der Waals surface area (Å²) in [5.74, 6) is -0.812. The third-order valence-electron chi connectivity index (χ3n) is 4.54. The molecule has 5 nitrogen and oxygen atoms in total. The van der Waals surface area contributed by atoms with Crippen LogP contribution in [0.15, 0.2) is 60.2 Å². The van der Waals surface area contributed by atoms with Gasteiger partial charge in [-0.15, -0.1) is 0 Å². The normalized spacial score (nSPS) is 14.5. The maximum Gasteiger partial charge on any atom is 0.263 e. The van der Waals surface area contributed by atoms with Gasteiger partial charge in [-0.2, -0.15) is 5.26 Å². The summed E-state index contributed by atoms with van der Waals surface area (Å²) in [5, 5.41) is 12.4. The Labute approximate surface area is 158 Å². The molecule has 0 bridgehead atoms. The first kappa shape index (κ1) is 18.4. The molecule has 0 saturated heterocycles. The van der Waals surface area contributed by atoms with E-state index < -0.39 is 5.91 Å². The number of nitrogens with zero attached hydrogens (tertiary/aromatic N) is 2. The second kappa shape index (κ2) is 8.33. The number of hydrogen-bond acceptors (Lipinski definition) is 3. The standard InChI is InChI=1S/C22H21N3O2/c1-2-3-13-25-19-12-8-7-11-17(19)20(22(25)27)18(14-23)21(26)24-15-16-9-5-4-6-10-16/h4-12H,2-3,13,15H2,1H3,(H,24,26). The van der Waals surface area contributed by atoms with E-state index in [1.807, 2.05) is 54.6 Å². The van der Waals surface area contributed by atoms with Crippen LogP contribution in [0.1, 0.15) is 30.9 Å². The number of unbranched alkanes of at least 4 members (excludes halogenated alkanes) is 1. The third-order valence-corrected chi connectivity index (χ3v) is 4.54. The molecule has 0 saturated carbocycles. The number of nitrogens with one attached hydrogen (secondary N) is 1. The van der Waals surface area contributed by atoms with Gasteiger partial charge in [0.2, 0.25) is 0 Å². The van der Waals surface area contributed by atoms with Gasteiger partial charge in [0.05, 0.1) is 11.3 Å². The van der Waals surface area contributed by atoms with Crippen molar-refractivity contribution in [2.75, 3.05) is 11.4 Å².